The first-order valence-corrected chi connectivity index (χ1v) is 5.41. The van der Waals surface area contributed by atoms with Gasteiger partial charge in [0.2, 0.25) is 0 Å². The molecule has 0 aromatic rings. The molecule has 2 aliphatic rings. The first-order chi connectivity index (χ1) is 7.05. The second-order valence-corrected chi connectivity index (χ2v) is 4.90. The van der Waals surface area contributed by atoms with Gasteiger partial charge < -0.3 is 4.74 Å². The molecule has 15 heavy (non-hydrogen) atoms. The Morgan fingerprint density at radius 2 is 2.47 bits per heavy atom. The van der Waals surface area contributed by atoms with Crippen molar-refractivity contribution in [1.82, 2.24) is 0 Å². The van der Waals surface area contributed by atoms with Crippen molar-refractivity contribution >= 4 is 11.8 Å². The molecular weight excluding hydrogens is 192 g/mol. The second kappa shape index (κ2) is 3.47. The van der Waals surface area contributed by atoms with Gasteiger partial charge in [0, 0.05) is 11.8 Å². The Morgan fingerprint density at radius 1 is 1.73 bits per heavy atom. The summed E-state index contributed by atoms with van der Waals surface area (Å²) in [5, 5.41) is 0. The summed E-state index contributed by atoms with van der Waals surface area (Å²) in [5.74, 6) is 0.0515. The zero-order valence-corrected chi connectivity index (χ0v) is 8.99. The van der Waals surface area contributed by atoms with Gasteiger partial charge in [-0.1, -0.05) is 13.5 Å². The topological polar surface area (TPSA) is 43.4 Å². The van der Waals surface area contributed by atoms with Crippen LogP contribution in [0.3, 0.4) is 0 Å². The van der Waals surface area contributed by atoms with Crippen molar-refractivity contribution in [3.05, 3.63) is 12.7 Å². The van der Waals surface area contributed by atoms with Gasteiger partial charge in [0.05, 0.1) is 5.92 Å². The number of rotatable bonds is 3. The molecule has 1 aliphatic carbocycles. The van der Waals surface area contributed by atoms with Crippen molar-refractivity contribution in [1.29, 1.82) is 0 Å². The largest absolute Gasteiger partial charge is 0.462 e. The van der Waals surface area contributed by atoms with E-state index < -0.39 is 0 Å². The summed E-state index contributed by atoms with van der Waals surface area (Å²) in [5.41, 5.74) is -0.173. The molecule has 0 radical (unpaired) electrons. The number of hydrogen-bond acceptors (Lipinski definition) is 3. The molecule has 2 fully saturated rings. The fraction of sp³-hybridized carbons (Fsp3) is 0.667. The van der Waals surface area contributed by atoms with Gasteiger partial charge in [-0.15, -0.1) is 0 Å². The minimum Gasteiger partial charge on any atom is -0.462 e. The lowest BCUT2D eigenvalue weighted by Crippen LogP contribution is -2.36. The molecule has 1 saturated carbocycles. The summed E-state index contributed by atoms with van der Waals surface area (Å²) in [6, 6.07) is 0. The summed E-state index contributed by atoms with van der Waals surface area (Å²) in [7, 11) is 0. The van der Waals surface area contributed by atoms with E-state index in [1.165, 1.54) is 6.08 Å². The van der Waals surface area contributed by atoms with E-state index in [0.29, 0.717) is 6.42 Å². The Labute approximate surface area is 89.5 Å². The zero-order chi connectivity index (χ0) is 11.1. The Balaban J connectivity index is 2.12. The third-order valence-electron chi connectivity index (χ3n) is 3.74. The predicted octanol–water partition coefficient (Wildman–Crippen LogP) is 1.86. The average Bonchev–Trinajstić information content (AvgIpc) is 2.52. The van der Waals surface area contributed by atoms with Crippen LogP contribution in [0.5, 0.6) is 0 Å². The number of esters is 1. The van der Waals surface area contributed by atoms with Gasteiger partial charge in [-0.25, -0.2) is 0 Å². The van der Waals surface area contributed by atoms with Gasteiger partial charge in [0.25, 0.3) is 0 Å². The average molecular weight is 208 g/mol. The fourth-order valence-electron chi connectivity index (χ4n) is 2.64. The molecule has 3 heteroatoms. The molecule has 0 aromatic heterocycles. The summed E-state index contributed by atoms with van der Waals surface area (Å²) < 4.78 is 5.32. The van der Waals surface area contributed by atoms with Gasteiger partial charge in [-0.05, 0) is 25.3 Å². The third-order valence-corrected chi connectivity index (χ3v) is 3.74. The minimum absolute atomic E-state index is 0.0406. The summed E-state index contributed by atoms with van der Waals surface area (Å²) in [6.07, 6.45) is 4.28. The number of ketones is 1. The highest BCUT2D eigenvalue weighted by molar-refractivity contribution is 5.89. The molecule has 0 aromatic carbocycles. The van der Waals surface area contributed by atoms with E-state index in [4.69, 9.17) is 4.74 Å². The molecule has 2 bridgehead atoms. The van der Waals surface area contributed by atoms with Crippen molar-refractivity contribution in [2.24, 2.45) is 11.3 Å². The smallest absolute Gasteiger partial charge is 0.309 e. The monoisotopic (exact) mass is 208 g/mol. The van der Waals surface area contributed by atoms with Crippen molar-refractivity contribution in [2.45, 2.75) is 38.7 Å². The van der Waals surface area contributed by atoms with Gasteiger partial charge in [-0.2, -0.15) is 0 Å². The molecule has 1 heterocycles. The van der Waals surface area contributed by atoms with E-state index >= 15 is 0 Å². The minimum atomic E-state index is -0.173. The lowest BCUT2D eigenvalue weighted by atomic mass is 9.68. The van der Waals surface area contributed by atoms with Crippen molar-refractivity contribution in [3.8, 4) is 0 Å². The van der Waals surface area contributed by atoms with Crippen LogP contribution >= 0.6 is 0 Å². The standard InChI is InChI=1S/C12H16O3/c1-3-9(13)7-12(2)5-4-8-6-10(12)15-11(8)14/h3,8,10H,1,4-7H2,2H3. The Kier molecular flexibility index (Phi) is 2.41. The van der Waals surface area contributed by atoms with E-state index in [0.717, 1.165) is 19.3 Å². The Morgan fingerprint density at radius 3 is 3.13 bits per heavy atom. The zero-order valence-electron chi connectivity index (χ0n) is 8.99. The molecule has 0 N–H and O–H groups in total. The predicted molar refractivity (Wildman–Crippen MR) is 55.1 cm³/mol. The number of fused-ring (bicyclic) bond motifs is 2. The van der Waals surface area contributed by atoms with E-state index in [9.17, 15) is 9.59 Å². The van der Waals surface area contributed by atoms with Gasteiger partial charge in [0.1, 0.15) is 6.10 Å². The number of carbonyl (C=O) groups excluding carboxylic acids is 2. The maximum Gasteiger partial charge on any atom is 0.309 e. The summed E-state index contributed by atoms with van der Waals surface area (Å²) >= 11 is 0. The first kappa shape index (κ1) is 10.4. The van der Waals surface area contributed by atoms with Crippen molar-refractivity contribution < 1.29 is 14.3 Å². The Hall–Kier alpha value is -1.12. The highest BCUT2D eigenvalue weighted by Gasteiger charge is 2.50. The first-order valence-electron chi connectivity index (χ1n) is 5.41. The molecule has 3 nitrogen and oxygen atoms in total. The highest BCUT2D eigenvalue weighted by atomic mass is 16.6. The van der Waals surface area contributed by atoms with Crippen LogP contribution in [-0.2, 0) is 14.3 Å². The summed E-state index contributed by atoms with van der Waals surface area (Å²) in [6.45, 7) is 5.51. The number of hydrogen-bond donors (Lipinski definition) is 0. The fourth-order valence-corrected chi connectivity index (χ4v) is 2.64. The molecule has 3 unspecified atom stereocenters. The molecule has 0 spiro atoms. The van der Waals surface area contributed by atoms with Crippen LogP contribution in [0.1, 0.15) is 32.6 Å². The van der Waals surface area contributed by atoms with Crippen LogP contribution in [0, 0.1) is 11.3 Å². The van der Waals surface area contributed by atoms with Crippen LogP contribution in [0.4, 0.5) is 0 Å². The van der Waals surface area contributed by atoms with Crippen molar-refractivity contribution in [3.63, 3.8) is 0 Å². The van der Waals surface area contributed by atoms with E-state index in [1.807, 2.05) is 6.92 Å². The molecule has 82 valence electrons. The SMILES string of the molecule is C=CC(=O)CC1(C)CCC2CC1OC2=O. The van der Waals surface area contributed by atoms with Crippen LogP contribution < -0.4 is 0 Å². The lowest BCUT2D eigenvalue weighted by Gasteiger charge is -2.36. The summed E-state index contributed by atoms with van der Waals surface area (Å²) in [4.78, 5) is 22.8. The number of carbonyl (C=O) groups is 2. The van der Waals surface area contributed by atoms with Gasteiger partial charge in [0.15, 0.2) is 5.78 Å². The lowest BCUT2D eigenvalue weighted by molar-refractivity contribution is -0.147. The quantitative estimate of drug-likeness (QED) is 0.525. The van der Waals surface area contributed by atoms with Crippen LogP contribution in [-0.4, -0.2) is 17.9 Å². The maximum atomic E-state index is 11.4. The number of allylic oxidation sites excluding steroid dienone is 1. The molecular formula is C12H16O3. The third kappa shape index (κ3) is 1.71. The molecule has 3 atom stereocenters. The number of ether oxygens (including phenoxy) is 1. The molecule has 0 amide bonds. The van der Waals surface area contributed by atoms with Gasteiger partial charge >= 0.3 is 5.97 Å². The Bertz CT molecular complexity index is 321. The molecule has 2 rings (SSSR count). The highest BCUT2D eigenvalue weighted by Crippen LogP contribution is 2.47. The normalized spacial score (nSPS) is 38.6. The maximum absolute atomic E-state index is 11.4. The molecule has 1 aliphatic heterocycles. The van der Waals surface area contributed by atoms with Crippen LogP contribution in [0.25, 0.3) is 0 Å². The van der Waals surface area contributed by atoms with Crippen molar-refractivity contribution in [2.75, 3.05) is 0 Å². The van der Waals surface area contributed by atoms with E-state index in [-0.39, 0.29) is 29.2 Å². The van der Waals surface area contributed by atoms with E-state index in [2.05, 4.69) is 6.58 Å². The molecule has 1 saturated heterocycles. The van der Waals surface area contributed by atoms with Gasteiger partial charge in [-0.3, -0.25) is 9.59 Å². The second-order valence-electron chi connectivity index (χ2n) is 4.90. The van der Waals surface area contributed by atoms with E-state index in [1.54, 1.807) is 0 Å². The van der Waals surface area contributed by atoms with Crippen LogP contribution in [0.15, 0.2) is 12.7 Å². The van der Waals surface area contributed by atoms with Crippen LogP contribution in [0.2, 0.25) is 0 Å².